The number of carboxylic acids is 1. The quantitative estimate of drug-likeness (QED) is 0.0404. The number of nitrogens with two attached hydrogens (primary N) is 3. The number of para-hydroxylation sites is 1. The van der Waals surface area contributed by atoms with E-state index in [1.807, 2.05) is 52.0 Å². The highest BCUT2D eigenvalue weighted by molar-refractivity contribution is 5.96. The Balaban J connectivity index is 1.86. The Morgan fingerprint density at radius 1 is 0.808 bits per heavy atom. The number of fused-ring (bicyclic) bond motifs is 1. The van der Waals surface area contributed by atoms with E-state index in [1.54, 1.807) is 6.20 Å². The lowest BCUT2D eigenvalue weighted by molar-refractivity contribution is -0.142. The number of guanidine groups is 1. The number of nitrogens with one attached hydrogen (secondary N) is 6. The van der Waals surface area contributed by atoms with Crippen LogP contribution < -0.4 is 38.5 Å². The van der Waals surface area contributed by atoms with Gasteiger partial charge in [-0.05, 0) is 49.1 Å². The number of rotatable bonds is 21. The van der Waals surface area contributed by atoms with Crippen molar-refractivity contribution in [3.05, 3.63) is 54.2 Å². The molecule has 0 saturated heterocycles. The van der Waals surface area contributed by atoms with Gasteiger partial charge in [0.25, 0.3) is 0 Å². The molecular formula is C35H53N11O6. The minimum Gasteiger partial charge on any atom is -0.480 e. The first kappa shape index (κ1) is 41.0. The lowest BCUT2D eigenvalue weighted by atomic mass is 10.00. The van der Waals surface area contributed by atoms with Crippen LogP contribution in [0.1, 0.15) is 64.6 Å². The van der Waals surface area contributed by atoms with Crippen LogP contribution in [0.15, 0.2) is 48.0 Å². The van der Waals surface area contributed by atoms with Gasteiger partial charge in [-0.25, -0.2) is 9.78 Å². The average Bonchev–Trinajstić information content (AvgIpc) is 3.74. The maximum Gasteiger partial charge on any atom is 0.326 e. The number of imidazole rings is 1. The summed E-state index contributed by atoms with van der Waals surface area (Å²) in [6.45, 7) is 7.75. The fraction of sp³-hybridized carbons (Fsp3) is 0.514. The van der Waals surface area contributed by atoms with E-state index in [1.165, 1.54) is 12.5 Å². The van der Waals surface area contributed by atoms with Gasteiger partial charge in [0.1, 0.15) is 24.2 Å². The Labute approximate surface area is 302 Å². The van der Waals surface area contributed by atoms with Gasteiger partial charge >= 0.3 is 5.97 Å². The van der Waals surface area contributed by atoms with E-state index in [-0.39, 0.29) is 56.4 Å². The highest BCUT2D eigenvalue weighted by atomic mass is 16.4. The van der Waals surface area contributed by atoms with Crippen LogP contribution in [0.2, 0.25) is 0 Å². The van der Waals surface area contributed by atoms with Crippen molar-refractivity contribution in [2.45, 2.75) is 96.4 Å². The summed E-state index contributed by atoms with van der Waals surface area (Å²) in [6.07, 6.45) is 5.66. The third-order valence-electron chi connectivity index (χ3n) is 8.31. The summed E-state index contributed by atoms with van der Waals surface area (Å²) in [6, 6.07) is 1.94. The predicted octanol–water partition coefficient (Wildman–Crippen LogP) is 0.173. The SMILES string of the molecule is CC(C)C[C@H](NC(=O)[C@H](Cc1cnc[nH]1)NC(=O)[C@H](Cc1c[nH]c2ccccc12)NC(=O)[C@@H](N)CC(C)C)C(=O)N[C@@H](CCCN=C(N)N)C(=O)O. The van der Waals surface area contributed by atoms with Crippen LogP contribution in [0.4, 0.5) is 0 Å². The highest BCUT2D eigenvalue weighted by Crippen LogP contribution is 2.20. The molecule has 0 aliphatic rings. The Hall–Kier alpha value is -5.45. The van der Waals surface area contributed by atoms with E-state index in [0.717, 1.165) is 16.5 Å². The molecule has 3 aromatic rings. The van der Waals surface area contributed by atoms with Gasteiger partial charge in [-0.3, -0.25) is 24.2 Å². The monoisotopic (exact) mass is 723 g/mol. The molecule has 0 radical (unpaired) electrons. The number of carboxylic acid groups (broad SMARTS) is 1. The largest absolute Gasteiger partial charge is 0.480 e. The van der Waals surface area contributed by atoms with E-state index < -0.39 is 59.8 Å². The zero-order valence-corrected chi connectivity index (χ0v) is 30.1. The van der Waals surface area contributed by atoms with Crippen molar-refractivity contribution in [1.29, 1.82) is 0 Å². The molecule has 0 bridgehead atoms. The minimum atomic E-state index is -1.26. The van der Waals surface area contributed by atoms with Gasteiger partial charge in [0.05, 0.1) is 12.4 Å². The summed E-state index contributed by atoms with van der Waals surface area (Å²) < 4.78 is 0. The first-order valence-electron chi connectivity index (χ1n) is 17.4. The number of benzene rings is 1. The van der Waals surface area contributed by atoms with Gasteiger partial charge in [0, 0.05) is 48.4 Å². The van der Waals surface area contributed by atoms with Gasteiger partial charge in [-0.15, -0.1) is 0 Å². The number of H-pyrrole nitrogens is 2. The molecule has 0 saturated carbocycles. The number of nitrogens with zero attached hydrogens (tertiary/aromatic N) is 2. The summed E-state index contributed by atoms with van der Waals surface area (Å²) in [5, 5.41) is 21.4. The molecule has 3 rings (SSSR count). The van der Waals surface area contributed by atoms with Crippen LogP contribution in [0.3, 0.4) is 0 Å². The number of aliphatic carboxylic acids is 1. The fourth-order valence-electron chi connectivity index (χ4n) is 5.73. The van der Waals surface area contributed by atoms with Crippen molar-refractivity contribution in [3.8, 4) is 0 Å². The van der Waals surface area contributed by atoms with Crippen LogP contribution in [0.5, 0.6) is 0 Å². The topological polar surface area (TPSA) is 289 Å². The number of hydrogen-bond acceptors (Lipinski definition) is 8. The predicted molar refractivity (Wildman–Crippen MR) is 196 cm³/mol. The molecular weight excluding hydrogens is 670 g/mol. The van der Waals surface area contributed by atoms with Gasteiger partial charge in [-0.1, -0.05) is 45.9 Å². The lowest BCUT2D eigenvalue weighted by Gasteiger charge is -2.27. The van der Waals surface area contributed by atoms with Gasteiger partial charge in [-0.2, -0.15) is 0 Å². The number of hydrogen-bond donors (Lipinski definition) is 10. The number of aromatic nitrogens is 3. The van der Waals surface area contributed by atoms with E-state index in [2.05, 4.69) is 41.2 Å². The van der Waals surface area contributed by atoms with Crippen molar-refractivity contribution in [2.75, 3.05) is 6.54 Å². The minimum absolute atomic E-state index is 0.0310. The molecule has 284 valence electrons. The van der Waals surface area contributed by atoms with Crippen molar-refractivity contribution >= 4 is 46.5 Å². The van der Waals surface area contributed by atoms with E-state index in [4.69, 9.17) is 17.2 Å². The molecule has 17 heteroatoms. The number of aromatic amines is 2. The maximum atomic E-state index is 14.1. The van der Waals surface area contributed by atoms with Gasteiger partial charge in [0.2, 0.25) is 23.6 Å². The molecule has 2 aromatic heterocycles. The summed E-state index contributed by atoms with van der Waals surface area (Å²) in [5.41, 5.74) is 19.0. The summed E-state index contributed by atoms with van der Waals surface area (Å²) in [4.78, 5) is 80.6. The molecule has 13 N–H and O–H groups in total. The van der Waals surface area contributed by atoms with Gasteiger partial charge in [0.15, 0.2) is 5.96 Å². The number of aliphatic imine (C=N–C) groups is 1. The first-order chi connectivity index (χ1) is 24.6. The lowest BCUT2D eigenvalue weighted by Crippen LogP contribution is -2.59. The van der Waals surface area contributed by atoms with Crippen LogP contribution in [0, 0.1) is 11.8 Å². The molecule has 5 atom stereocenters. The zero-order valence-electron chi connectivity index (χ0n) is 30.1. The van der Waals surface area contributed by atoms with Crippen molar-refractivity contribution in [2.24, 2.45) is 34.0 Å². The molecule has 4 amide bonds. The standard InChI is InChI=1S/C35H53N11O6/c1-19(2)12-24(36)30(47)44-28(14-21-16-41-25-9-6-5-8-23(21)25)32(49)46-29(15-22-17-39-18-42-22)33(50)45-27(13-20(3)4)31(48)43-26(34(51)52)10-7-11-40-35(37)38/h5-6,8-9,16-20,24,26-29,41H,7,10-15,36H2,1-4H3,(H,39,42)(H,43,48)(H,44,47)(H,45,50)(H,46,49)(H,51,52)(H4,37,38,40)/t24-,26-,27-,28-,29-/m0/s1. The first-order valence-corrected chi connectivity index (χ1v) is 17.4. The highest BCUT2D eigenvalue weighted by Gasteiger charge is 2.33. The second kappa shape index (κ2) is 19.8. The van der Waals surface area contributed by atoms with E-state index in [9.17, 15) is 29.1 Å². The average molecular weight is 724 g/mol. The Morgan fingerprint density at radius 2 is 1.40 bits per heavy atom. The van der Waals surface area contributed by atoms with Crippen molar-refractivity contribution in [1.82, 2.24) is 36.2 Å². The number of carbonyl (C=O) groups is 5. The molecule has 1 aromatic carbocycles. The molecule has 0 unspecified atom stereocenters. The summed E-state index contributed by atoms with van der Waals surface area (Å²) >= 11 is 0. The molecule has 0 aliphatic heterocycles. The summed E-state index contributed by atoms with van der Waals surface area (Å²) in [7, 11) is 0. The third-order valence-corrected chi connectivity index (χ3v) is 8.31. The van der Waals surface area contributed by atoms with Crippen molar-refractivity contribution in [3.63, 3.8) is 0 Å². The zero-order chi connectivity index (χ0) is 38.4. The molecule has 52 heavy (non-hydrogen) atoms. The molecule has 17 nitrogen and oxygen atoms in total. The number of amides is 4. The normalized spacial score (nSPS) is 14.2. The van der Waals surface area contributed by atoms with E-state index in [0.29, 0.717) is 12.1 Å². The van der Waals surface area contributed by atoms with Crippen LogP contribution in [-0.2, 0) is 36.8 Å². The smallest absolute Gasteiger partial charge is 0.326 e. The van der Waals surface area contributed by atoms with Crippen LogP contribution >= 0.6 is 0 Å². The summed E-state index contributed by atoms with van der Waals surface area (Å²) in [5.74, 6) is -3.89. The second-order valence-electron chi connectivity index (χ2n) is 13.7. The van der Waals surface area contributed by atoms with Gasteiger partial charge < -0.3 is 53.5 Å². The Bertz CT molecular complexity index is 1670. The maximum absolute atomic E-state index is 14.1. The van der Waals surface area contributed by atoms with E-state index >= 15 is 0 Å². The fourth-order valence-corrected chi connectivity index (χ4v) is 5.73. The molecule has 0 aliphatic carbocycles. The van der Waals surface area contributed by atoms with Crippen molar-refractivity contribution < 1.29 is 29.1 Å². The molecule has 2 heterocycles. The Morgan fingerprint density at radius 3 is 2.02 bits per heavy atom. The Kier molecular flexibility index (Phi) is 15.6. The third kappa shape index (κ3) is 13.0. The van der Waals surface area contributed by atoms with Crippen LogP contribution in [-0.4, -0.2) is 92.4 Å². The molecule has 0 fully saturated rings. The van der Waals surface area contributed by atoms with Crippen LogP contribution in [0.25, 0.3) is 10.9 Å². The second-order valence-corrected chi connectivity index (χ2v) is 13.7. The number of carbonyl (C=O) groups excluding carboxylic acids is 4. The molecule has 0 spiro atoms.